The molecule has 0 unspecified atom stereocenters. The lowest BCUT2D eigenvalue weighted by molar-refractivity contribution is -0.384. The predicted molar refractivity (Wildman–Crippen MR) is 129 cm³/mol. The van der Waals surface area contributed by atoms with Crippen molar-refractivity contribution in [2.75, 3.05) is 31.1 Å². The van der Waals surface area contributed by atoms with Crippen LogP contribution >= 0.6 is 11.6 Å². The SMILES string of the molecule is O=C(c1c(Cl)n(-c2ccccc2)c2ccccc12)N1CCN(c2ccc([N+](=O)[O-])cc2)CC1. The van der Waals surface area contributed by atoms with E-state index in [0.29, 0.717) is 36.9 Å². The van der Waals surface area contributed by atoms with Crippen molar-refractivity contribution in [1.29, 1.82) is 0 Å². The molecule has 1 amide bonds. The molecule has 1 aromatic heterocycles. The molecule has 2 heterocycles. The number of rotatable bonds is 4. The second kappa shape index (κ2) is 8.60. The van der Waals surface area contributed by atoms with Gasteiger partial charge in [0.1, 0.15) is 5.15 Å². The number of aromatic nitrogens is 1. The summed E-state index contributed by atoms with van der Waals surface area (Å²) in [6, 6.07) is 24.0. The van der Waals surface area contributed by atoms with E-state index >= 15 is 0 Å². The topological polar surface area (TPSA) is 71.6 Å². The van der Waals surface area contributed by atoms with E-state index in [-0.39, 0.29) is 11.6 Å². The smallest absolute Gasteiger partial charge is 0.269 e. The molecule has 7 nitrogen and oxygen atoms in total. The van der Waals surface area contributed by atoms with Crippen LogP contribution < -0.4 is 4.90 Å². The van der Waals surface area contributed by atoms with Crippen LogP contribution in [0.15, 0.2) is 78.9 Å². The number of carbonyl (C=O) groups is 1. The van der Waals surface area contributed by atoms with E-state index in [0.717, 1.165) is 22.3 Å². The van der Waals surface area contributed by atoms with Crippen molar-refractivity contribution in [2.24, 2.45) is 0 Å². The first-order valence-corrected chi connectivity index (χ1v) is 11.1. The zero-order valence-electron chi connectivity index (χ0n) is 17.7. The Kier molecular flexibility index (Phi) is 5.48. The monoisotopic (exact) mass is 460 g/mol. The first-order valence-electron chi connectivity index (χ1n) is 10.7. The van der Waals surface area contributed by atoms with Crippen molar-refractivity contribution < 1.29 is 9.72 Å². The molecule has 0 aliphatic carbocycles. The quantitative estimate of drug-likeness (QED) is 0.312. The van der Waals surface area contributed by atoms with Gasteiger partial charge in [0.15, 0.2) is 0 Å². The average Bonchev–Trinajstić information content (AvgIpc) is 3.16. The Morgan fingerprint density at radius 2 is 1.45 bits per heavy atom. The highest BCUT2D eigenvalue weighted by Gasteiger charge is 2.28. The van der Waals surface area contributed by atoms with Gasteiger partial charge in [-0.1, -0.05) is 48.0 Å². The van der Waals surface area contributed by atoms with Gasteiger partial charge in [-0.15, -0.1) is 0 Å². The molecule has 5 rings (SSSR count). The van der Waals surface area contributed by atoms with E-state index in [1.807, 2.05) is 64.1 Å². The number of halogens is 1. The molecule has 0 bridgehead atoms. The Balaban J connectivity index is 1.40. The highest BCUT2D eigenvalue weighted by molar-refractivity contribution is 6.36. The number of nitrogens with zero attached hydrogens (tertiary/aromatic N) is 4. The van der Waals surface area contributed by atoms with Crippen LogP contribution in [0.1, 0.15) is 10.4 Å². The van der Waals surface area contributed by atoms with Crippen molar-refractivity contribution in [3.05, 3.63) is 99.7 Å². The lowest BCUT2D eigenvalue weighted by atomic mass is 10.1. The van der Waals surface area contributed by atoms with Crippen molar-refractivity contribution in [2.45, 2.75) is 0 Å². The number of hydrogen-bond donors (Lipinski definition) is 0. The van der Waals surface area contributed by atoms with Crippen molar-refractivity contribution in [3.8, 4) is 5.69 Å². The average molecular weight is 461 g/mol. The third kappa shape index (κ3) is 3.81. The maximum Gasteiger partial charge on any atom is 0.269 e. The minimum atomic E-state index is -0.407. The van der Waals surface area contributed by atoms with Crippen molar-refractivity contribution >= 4 is 39.8 Å². The molecule has 1 aliphatic rings. The van der Waals surface area contributed by atoms with Gasteiger partial charge in [-0.05, 0) is 30.3 Å². The maximum atomic E-state index is 13.6. The Morgan fingerprint density at radius 1 is 0.818 bits per heavy atom. The molecule has 166 valence electrons. The molecule has 8 heteroatoms. The van der Waals surface area contributed by atoms with Gasteiger partial charge < -0.3 is 9.80 Å². The first-order chi connectivity index (χ1) is 16.0. The highest BCUT2D eigenvalue weighted by Crippen LogP contribution is 2.34. The number of non-ortho nitro benzene ring substituents is 1. The summed E-state index contributed by atoms with van der Waals surface area (Å²) in [5, 5.41) is 12.1. The molecule has 0 spiro atoms. The zero-order valence-corrected chi connectivity index (χ0v) is 18.5. The zero-order chi connectivity index (χ0) is 22.9. The van der Waals surface area contributed by atoms with Crippen LogP contribution in [0.25, 0.3) is 16.6 Å². The predicted octanol–water partition coefficient (Wildman–Crippen LogP) is 5.15. The minimum absolute atomic E-state index is 0.0667. The normalized spacial score (nSPS) is 14.0. The molecule has 0 saturated carbocycles. The number of nitro benzene ring substituents is 1. The lowest BCUT2D eigenvalue weighted by Crippen LogP contribution is -2.48. The van der Waals surface area contributed by atoms with E-state index in [1.54, 1.807) is 12.1 Å². The van der Waals surface area contributed by atoms with Crippen LogP contribution in [0.5, 0.6) is 0 Å². The summed E-state index contributed by atoms with van der Waals surface area (Å²) in [6.45, 7) is 2.35. The number of para-hydroxylation sites is 2. The van der Waals surface area contributed by atoms with Gasteiger partial charge in [0.25, 0.3) is 11.6 Å². The molecule has 0 radical (unpaired) electrons. The van der Waals surface area contributed by atoms with E-state index < -0.39 is 4.92 Å². The largest absolute Gasteiger partial charge is 0.368 e. The number of nitro groups is 1. The fourth-order valence-corrected chi connectivity index (χ4v) is 4.72. The first kappa shape index (κ1) is 21.0. The van der Waals surface area contributed by atoms with Crippen LogP contribution in [-0.4, -0.2) is 46.5 Å². The summed E-state index contributed by atoms with van der Waals surface area (Å²) in [5.41, 5.74) is 3.28. The standard InChI is InChI=1S/C25H21ClN4O3/c26-24-23(21-8-4-5-9-22(21)29(24)19-6-2-1-3-7-19)25(31)28-16-14-27(15-17-28)18-10-12-20(13-11-18)30(32)33/h1-13H,14-17H2. The number of anilines is 1. The number of piperazine rings is 1. The number of carbonyl (C=O) groups excluding carboxylic acids is 1. The van der Waals surface area contributed by atoms with Crippen molar-refractivity contribution in [1.82, 2.24) is 9.47 Å². The van der Waals surface area contributed by atoms with Gasteiger partial charge in [-0.25, -0.2) is 0 Å². The van der Waals surface area contributed by atoms with Gasteiger partial charge in [-0.3, -0.25) is 19.5 Å². The molecule has 1 aliphatic heterocycles. The van der Waals surface area contributed by atoms with Gasteiger partial charge in [-0.2, -0.15) is 0 Å². The van der Waals surface area contributed by atoms with E-state index in [4.69, 9.17) is 11.6 Å². The van der Waals surface area contributed by atoms with E-state index in [1.165, 1.54) is 12.1 Å². The van der Waals surface area contributed by atoms with Crippen LogP contribution in [0.4, 0.5) is 11.4 Å². The number of fused-ring (bicyclic) bond motifs is 1. The summed E-state index contributed by atoms with van der Waals surface area (Å²) in [7, 11) is 0. The molecule has 0 N–H and O–H groups in total. The van der Waals surface area contributed by atoms with Crippen LogP contribution in [0.3, 0.4) is 0 Å². The Labute approximate surface area is 195 Å². The Bertz CT molecular complexity index is 1330. The van der Waals surface area contributed by atoms with Gasteiger partial charge in [0.2, 0.25) is 0 Å². The molecule has 33 heavy (non-hydrogen) atoms. The third-order valence-corrected chi connectivity index (χ3v) is 6.40. The summed E-state index contributed by atoms with van der Waals surface area (Å²) < 4.78 is 1.91. The van der Waals surface area contributed by atoms with Crippen LogP contribution in [0, 0.1) is 10.1 Å². The van der Waals surface area contributed by atoms with Gasteiger partial charge in [0.05, 0.1) is 16.0 Å². The molecule has 3 aromatic carbocycles. The number of hydrogen-bond acceptors (Lipinski definition) is 4. The molecule has 0 atom stereocenters. The highest BCUT2D eigenvalue weighted by atomic mass is 35.5. The fourth-order valence-electron chi connectivity index (χ4n) is 4.35. The minimum Gasteiger partial charge on any atom is -0.368 e. The fraction of sp³-hybridized carbons (Fsp3) is 0.160. The van der Waals surface area contributed by atoms with E-state index in [9.17, 15) is 14.9 Å². The molecule has 4 aromatic rings. The number of benzene rings is 3. The second-order valence-electron chi connectivity index (χ2n) is 7.91. The van der Waals surface area contributed by atoms with Gasteiger partial charge >= 0.3 is 0 Å². The van der Waals surface area contributed by atoms with Gasteiger partial charge in [0, 0.05) is 55.1 Å². The molecular weight excluding hydrogens is 440 g/mol. The third-order valence-electron chi connectivity index (χ3n) is 6.04. The summed E-state index contributed by atoms with van der Waals surface area (Å²) in [5.74, 6) is -0.0887. The van der Waals surface area contributed by atoms with Crippen LogP contribution in [0.2, 0.25) is 5.15 Å². The molecule has 1 fully saturated rings. The maximum absolute atomic E-state index is 13.6. The summed E-state index contributed by atoms with van der Waals surface area (Å²) >= 11 is 6.82. The Hall–Kier alpha value is -3.84. The van der Waals surface area contributed by atoms with Crippen LogP contribution in [-0.2, 0) is 0 Å². The summed E-state index contributed by atoms with van der Waals surface area (Å²) in [4.78, 5) is 28.0. The molecule has 1 saturated heterocycles. The summed E-state index contributed by atoms with van der Waals surface area (Å²) in [6.07, 6.45) is 0. The molecular formula is C25H21ClN4O3. The van der Waals surface area contributed by atoms with E-state index in [2.05, 4.69) is 4.90 Å². The number of amides is 1. The second-order valence-corrected chi connectivity index (χ2v) is 8.26. The Morgan fingerprint density at radius 3 is 2.12 bits per heavy atom. The lowest BCUT2D eigenvalue weighted by Gasteiger charge is -2.36. The van der Waals surface area contributed by atoms with Crippen molar-refractivity contribution in [3.63, 3.8) is 0 Å².